The van der Waals surface area contributed by atoms with E-state index in [0.717, 1.165) is 62.9 Å². The van der Waals surface area contributed by atoms with Crippen molar-refractivity contribution >= 4 is 29.4 Å². The van der Waals surface area contributed by atoms with E-state index in [2.05, 4.69) is 55.5 Å². The molecule has 2 atom stereocenters. The highest BCUT2D eigenvalue weighted by atomic mass is 16.5. The SMILES string of the molecule is C1=C[N+]2(N3CCCC3c3ccccn3)N=C(Nc3ccc(N4CCOCC4)cc3)N=C2C=N1. The molecule has 2 fully saturated rings. The molecule has 0 saturated carbocycles. The molecule has 2 saturated heterocycles. The number of quaternary nitrogens is 1. The molecule has 168 valence electrons. The molecule has 4 aliphatic rings. The van der Waals surface area contributed by atoms with Gasteiger partial charge in [-0.1, -0.05) is 6.07 Å². The first-order chi connectivity index (χ1) is 16.3. The third-order valence-corrected chi connectivity index (χ3v) is 6.50. The summed E-state index contributed by atoms with van der Waals surface area (Å²) in [7, 11) is 0. The number of ether oxygens (including phenoxy) is 1. The largest absolute Gasteiger partial charge is 0.378 e. The Morgan fingerprint density at radius 3 is 2.73 bits per heavy atom. The zero-order valence-corrected chi connectivity index (χ0v) is 18.4. The molecule has 0 radical (unpaired) electrons. The lowest BCUT2D eigenvalue weighted by Crippen LogP contribution is -2.56. The van der Waals surface area contributed by atoms with E-state index in [-0.39, 0.29) is 10.7 Å². The maximum Gasteiger partial charge on any atom is 0.301 e. The number of morpholine rings is 1. The van der Waals surface area contributed by atoms with E-state index in [1.165, 1.54) is 5.69 Å². The van der Waals surface area contributed by atoms with Gasteiger partial charge >= 0.3 is 5.84 Å². The fraction of sp³-hybridized carbons (Fsp3) is 0.333. The number of hydrogen-bond donors (Lipinski definition) is 1. The van der Waals surface area contributed by atoms with Gasteiger partial charge in [0, 0.05) is 30.7 Å². The highest BCUT2D eigenvalue weighted by Crippen LogP contribution is 2.39. The lowest BCUT2D eigenvalue weighted by molar-refractivity contribution is -0.921. The van der Waals surface area contributed by atoms with Crippen LogP contribution in [0.2, 0.25) is 0 Å². The Balaban J connectivity index is 1.26. The normalized spacial score (nSPS) is 26.8. The maximum absolute atomic E-state index is 5.46. The zero-order valence-electron chi connectivity index (χ0n) is 18.4. The number of benzene rings is 1. The van der Waals surface area contributed by atoms with Crippen LogP contribution >= 0.6 is 0 Å². The summed E-state index contributed by atoms with van der Waals surface area (Å²) in [5, 5.41) is 10.8. The number of nitrogens with zero attached hydrogens (tertiary/aromatic N) is 7. The van der Waals surface area contributed by atoms with Crippen molar-refractivity contribution < 1.29 is 9.44 Å². The molecule has 0 aliphatic carbocycles. The van der Waals surface area contributed by atoms with Crippen LogP contribution < -0.4 is 10.2 Å². The van der Waals surface area contributed by atoms with E-state index >= 15 is 0 Å². The summed E-state index contributed by atoms with van der Waals surface area (Å²) < 4.78 is 5.65. The van der Waals surface area contributed by atoms with Gasteiger partial charge < -0.3 is 15.0 Å². The van der Waals surface area contributed by atoms with Gasteiger partial charge in [-0.15, -0.1) is 10.0 Å². The highest BCUT2D eigenvalue weighted by molar-refractivity contribution is 6.30. The van der Waals surface area contributed by atoms with Crippen LogP contribution in [0.3, 0.4) is 0 Å². The van der Waals surface area contributed by atoms with Crippen LogP contribution in [0, 0.1) is 0 Å². The first-order valence-corrected chi connectivity index (χ1v) is 11.5. The molecule has 5 heterocycles. The van der Waals surface area contributed by atoms with Gasteiger partial charge in [0.05, 0.1) is 31.7 Å². The number of pyridine rings is 1. The molecule has 4 aliphatic heterocycles. The number of hydrogen-bond acceptors (Lipinski definition) is 8. The summed E-state index contributed by atoms with van der Waals surface area (Å²) in [4.78, 5) is 16.1. The lowest BCUT2D eigenvalue weighted by atomic mass is 10.1. The van der Waals surface area contributed by atoms with E-state index in [1.54, 1.807) is 12.4 Å². The van der Waals surface area contributed by atoms with Crippen LogP contribution in [0.1, 0.15) is 24.6 Å². The standard InChI is InChI=1S/C24H27N8O/c1-2-10-26-21(4-1)22-5-3-12-31(22)32-15-11-25-18-23(32)28-24(29-32)27-19-6-8-20(9-7-19)30-13-16-33-17-14-30/h1-2,4,6-11,15,18,22H,3,5,12-14,16-17H2,(H,27,29)/q+1. The summed E-state index contributed by atoms with van der Waals surface area (Å²) in [6.07, 6.45) is 9.58. The minimum absolute atomic E-state index is 0.170. The Morgan fingerprint density at radius 2 is 1.91 bits per heavy atom. The van der Waals surface area contributed by atoms with Crippen molar-refractivity contribution in [3.8, 4) is 0 Å². The summed E-state index contributed by atoms with van der Waals surface area (Å²) >= 11 is 0. The van der Waals surface area contributed by atoms with Crippen LogP contribution in [0.25, 0.3) is 0 Å². The van der Waals surface area contributed by atoms with Gasteiger partial charge in [-0.25, -0.2) is 0 Å². The molecule has 9 nitrogen and oxygen atoms in total. The van der Waals surface area contributed by atoms with E-state index < -0.39 is 0 Å². The molecular weight excluding hydrogens is 416 g/mol. The Labute approximate surface area is 193 Å². The fourth-order valence-corrected chi connectivity index (χ4v) is 4.89. The molecule has 0 spiro atoms. The second-order valence-corrected chi connectivity index (χ2v) is 8.47. The number of guanidine groups is 1. The fourth-order valence-electron chi connectivity index (χ4n) is 4.89. The third kappa shape index (κ3) is 3.74. The van der Waals surface area contributed by atoms with Crippen LogP contribution in [0.4, 0.5) is 11.4 Å². The van der Waals surface area contributed by atoms with Crippen molar-refractivity contribution in [1.29, 1.82) is 0 Å². The van der Waals surface area contributed by atoms with Crippen molar-refractivity contribution in [2.75, 3.05) is 43.1 Å². The summed E-state index contributed by atoms with van der Waals surface area (Å²) in [6, 6.07) is 14.7. The predicted octanol–water partition coefficient (Wildman–Crippen LogP) is 3.14. The molecule has 33 heavy (non-hydrogen) atoms. The Hall–Kier alpha value is -3.40. The van der Waals surface area contributed by atoms with Gasteiger partial charge in [0.25, 0.3) is 5.96 Å². The van der Waals surface area contributed by atoms with Gasteiger partial charge in [0.15, 0.2) is 6.20 Å². The molecule has 0 amide bonds. The van der Waals surface area contributed by atoms with E-state index in [4.69, 9.17) is 14.8 Å². The van der Waals surface area contributed by atoms with Crippen molar-refractivity contribution in [3.63, 3.8) is 0 Å². The first-order valence-electron chi connectivity index (χ1n) is 11.5. The molecule has 2 unspecified atom stereocenters. The number of nitrogens with one attached hydrogen (secondary N) is 1. The van der Waals surface area contributed by atoms with Gasteiger partial charge in [0.1, 0.15) is 12.3 Å². The summed E-state index contributed by atoms with van der Waals surface area (Å²) in [5.41, 5.74) is 3.22. The molecule has 1 aromatic carbocycles. The van der Waals surface area contributed by atoms with Gasteiger partial charge in [-0.05, 0) is 59.0 Å². The number of amidine groups is 1. The lowest BCUT2D eigenvalue weighted by Gasteiger charge is -2.35. The van der Waals surface area contributed by atoms with Crippen molar-refractivity contribution in [2.45, 2.75) is 18.9 Å². The molecular formula is C24H27N8O+. The second-order valence-electron chi connectivity index (χ2n) is 8.47. The molecule has 6 rings (SSSR count). The highest BCUT2D eigenvalue weighted by Gasteiger charge is 2.51. The first kappa shape index (κ1) is 20.2. The average molecular weight is 444 g/mol. The van der Waals surface area contributed by atoms with Crippen molar-refractivity contribution in [1.82, 2.24) is 9.99 Å². The quantitative estimate of drug-likeness (QED) is 0.735. The summed E-state index contributed by atoms with van der Waals surface area (Å²) in [5.74, 6) is 1.36. The molecule has 9 heteroatoms. The Bertz CT molecular complexity index is 1120. The van der Waals surface area contributed by atoms with Crippen LogP contribution in [-0.4, -0.2) is 65.6 Å². The molecule has 2 aromatic rings. The number of fused-ring (bicyclic) bond motifs is 1. The smallest absolute Gasteiger partial charge is 0.301 e. The Kier molecular flexibility index (Phi) is 5.21. The van der Waals surface area contributed by atoms with Gasteiger partial charge in [0.2, 0.25) is 0 Å². The number of aromatic nitrogens is 1. The van der Waals surface area contributed by atoms with Gasteiger partial charge in [-0.3, -0.25) is 9.98 Å². The monoisotopic (exact) mass is 443 g/mol. The third-order valence-electron chi connectivity index (χ3n) is 6.50. The Morgan fingerprint density at radius 1 is 1.03 bits per heavy atom. The van der Waals surface area contributed by atoms with Gasteiger partial charge in [-0.2, -0.15) is 0 Å². The van der Waals surface area contributed by atoms with Crippen LogP contribution in [0.15, 0.2) is 76.1 Å². The minimum Gasteiger partial charge on any atom is -0.378 e. The predicted molar refractivity (Wildman–Crippen MR) is 129 cm³/mol. The number of rotatable bonds is 4. The van der Waals surface area contributed by atoms with Crippen LogP contribution in [-0.2, 0) is 4.74 Å². The van der Waals surface area contributed by atoms with Crippen LogP contribution in [0.5, 0.6) is 0 Å². The van der Waals surface area contributed by atoms with E-state index in [1.807, 2.05) is 24.5 Å². The van der Waals surface area contributed by atoms with E-state index in [9.17, 15) is 0 Å². The second kappa shape index (κ2) is 8.51. The number of aliphatic imine (C=N–C) groups is 2. The number of anilines is 2. The topological polar surface area (TPSA) is 77.7 Å². The van der Waals surface area contributed by atoms with E-state index in [0.29, 0.717) is 5.96 Å². The maximum atomic E-state index is 5.46. The minimum atomic E-state index is 0.170. The van der Waals surface area contributed by atoms with Crippen molar-refractivity contribution in [3.05, 3.63) is 66.8 Å². The molecule has 1 aromatic heterocycles. The van der Waals surface area contributed by atoms with Crippen molar-refractivity contribution in [2.24, 2.45) is 15.1 Å². The molecule has 1 N–H and O–H groups in total. The molecule has 0 bridgehead atoms. The zero-order chi connectivity index (χ0) is 22.1. The summed E-state index contributed by atoms with van der Waals surface area (Å²) in [6.45, 7) is 4.31. The average Bonchev–Trinajstić information content (AvgIpc) is 3.51.